The van der Waals surface area contributed by atoms with E-state index in [0.29, 0.717) is 11.9 Å². The molecule has 3 N–H and O–H groups in total. The molecule has 1 unspecified atom stereocenters. The maximum absolute atomic E-state index is 14.3. The zero-order valence-electron chi connectivity index (χ0n) is 11.1. The van der Waals surface area contributed by atoms with Crippen LogP contribution >= 0.6 is 11.6 Å². The van der Waals surface area contributed by atoms with E-state index in [9.17, 15) is 9.50 Å². The van der Waals surface area contributed by atoms with Gasteiger partial charge in [0.1, 0.15) is 11.6 Å². The molecule has 0 aromatic carbocycles. The molecule has 1 radical (unpaired) electrons. The lowest BCUT2D eigenvalue weighted by molar-refractivity contribution is -0.0223. The summed E-state index contributed by atoms with van der Waals surface area (Å²) < 4.78 is 21.3. The third-order valence-corrected chi connectivity index (χ3v) is 3.63. The van der Waals surface area contributed by atoms with Crippen LogP contribution in [0.2, 0.25) is 5.28 Å². The molecule has 2 aromatic heterocycles. The number of anilines is 1. The van der Waals surface area contributed by atoms with Crippen LogP contribution in [0.15, 0.2) is 6.33 Å². The minimum atomic E-state index is -1.60. The fourth-order valence-electron chi connectivity index (χ4n) is 2.45. The fraction of sp³-hybridized carbons (Fsp3) is 0.500. The molecular weight excluding hydrogens is 301 g/mol. The first-order valence-electron chi connectivity index (χ1n) is 6.44. The number of imidazole rings is 1. The van der Waals surface area contributed by atoms with Crippen LogP contribution in [0.3, 0.4) is 0 Å². The minimum absolute atomic E-state index is 0.0610. The second kappa shape index (κ2) is 5.36. The van der Waals surface area contributed by atoms with E-state index in [1.54, 1.807) is 0 Å². The molecule has 0 amide bonds. The van der Waals surface area contributed by atoms with Gasteiger partial charge in [0, 0.05) is 0 Å². The number of aliphatic hydroxyl groups excluding tert-OH is 1. The Kier molecular flexibility index (Phi) is 3.68. The summed E-state index contributed by atoms with van der Waals surface area (Å²) in [5.41, 5.74) is 6.29. The normalized spacial score (nSPS) is 29.3. The van der Waals surface area contributed by atoms with Crippen molar-refractivity contribution in [3.63, 3.8) is 0 Å². The standard InChI is InChI=1S/C12H14ClFN5O2/c1-2-3-5-8(20)6(14)11(21-5)19-4-16-7-9(15)17-12(13)18-10(7)19/h2,4-6,8,11,20H,3H2,1H3,(H2,15,17,18)/t5-,6+,8-,11?/m1/s1. The van der Waals surface area contributed by atoms with Gasteiger partial charge in [-0.25, -0.2) is 9.37 Å². The van der Waals surface area contributed by atoms with Gasteiger partial charge < -0.3 is 15.6 Å². The summed E-state index contributed by atoms with van der Waals surface area (Å²) in [5.74, 6) is 0.108. The van der Waals surface area contributed by atoms with Crippen LogP contribution in [0, 0.1) is 6.42 Å². The number of rotatable bonds is 3. The third kappa shape index (κ3) is 2.33. The second-order valence-corrected chi connectivity index (χ2v) is 5.18. The summed E-state index contributed by atoms with van der Waals surface area (Å²) >= 11 is 5.77. The van der Waals surface area contributed by atoms with Gasteiger partial charge in [-0.2, -0.15) is 9.97 Å². The van der Waals surface area contributed by atoms with Crippen LogP contribution in [0.4, 0.5) is 10.2 Å². The Hall–Kier alpha value is -1.51. The van der Waals surface area contributed by atoms with Crippen molar-refractivity contribution in [2.75, 3.05) is 5.73 Å². The van der Waals surface area contributed by atoms with Crippen LogP contribution < -0.4 is 5.73 Å². The molecule has 4 atom stereocenters. The number of hydrogen-bond donors (Lipinski definition) is 2. The van der Waals surface area contributed by atoms with Crippen molar-refractivity contribution in [3.05, 3.63) is 18.0 Å². The molecule has 3 heterocycles. The number of aliphatic hydroxyl groups is 1. The number of nitrogens with two attached hydrogens (primary N) is 1. The lowest BCUT2D eigenvalue weighted by atomic mass is 10.1. The fourth-order valence-corrected chi connectivity index (χ4v) is 2.62. The van der Waals surface area contributed by atoms with Gasteiger partial charge in [-0.3, -0.25) is 4.57 Å². The van der Waals surface area contributed by atoms with Crippen molar-refractivity contribution >= 4 is 28.6 Å². The molecule has 21 heavy (non-hydrogen) atoms. The van der Waals surface area contributed by atoms with Gasteiger partial charge in [0.25, 0.3) is 0 Å². The van der Waals surface area contributed by atoms with Crippen LogP contribution in [-0.2, 0) is 4.74 Å². The predicted octanol–water partition coefficient (Wildman–Crippen LogP) is 1.27. The topological polar surface area (TPSA) is 99.1 Å². The van der Waals surface area contributed by atoms with E-state index in [2.05, 4.69) is 15.0 Å². The first kappa shape index (κ1) is 14.4. The van der Waals surface area contributed by atoms with Gasteiger partial charge in [0.2, 0.25) is 5.28 Å². The number of alkyl halides is 1. The number of aromatic nitrogens is 4. The number of fused-ring (bicyclic) bond motifs is 1. The predicted molar refractivity (Wildman–Crippen MR) is 74.1 cm³/mol. The minimum Gasteiger partial charge on any atom is -0.387 e. The maximum atomic E-state index is 14.3. The molecule has 1 aliphatic heterocycles. The van der Waals surface area contributed by atoms with E-state index in [0.717, 1.165) is 0 Å². The van der Waals surface area contributed by atoms with Gasteiger partial charge in [-0.1, -0.05) is 6.92 Å². The van der Waals surface area contributed by atoms with E-state index < -0.39 is 24.6 Å². The van der Waals surface area contributed by atoms with Crippen LogP contribution in [-0.4, -0.2) is 43.0 Å². The zero-order chi connectivity index (χ0) is 15.1. The molecule has 0 bridgehead atoms. The molecule has 1 aliphatic rings. The molecule has 1 saturated heterocycles. The number of nitrogen functional groups attached to an aromatic ring is 1. The summed E-state index contributed by atoms with van der Waals surface area (Å²) in [6.45, 7) is 1.82. The van der Waals surface area contributed by atoms with E-state index in [4.69, 9.17) is 22.1 Å². The van der Waals surface area contributed by atoms with Crippen molar-refractivity contribution in [1.82, 2.24) is 19.5 Å². The highest BCUT2D eigenvalue weighted by Crippen LogP contribution is 2.35. The Bertz CT molecular complexity index is 666. The molecule has 113 valence electrons. The Labute approximate surface area is 124 Å². The monoisotopic (exact) mass is 314 g/mol. The molecule has 1 fully saturated rings. The lowest BCUT2D eigenvalue weighted by Crippen LogP contribution is -2.28. The lowest BCUT2D eigenvalue weighted by Gasteiger charge is -2.15. The van der Waals surface area contributed by atoms with Crippen molar-refractivity contribution in [2.45, 2.75) is 38.0 Å². The highest BCUT2D eigenvalue weighted by atomic mass is 35.5. The van der Waals surface area contributed by atoms with Crippen molar-refractivity contribution < 1.29 is 14.2 Å². The van der Waals surface area contributed by atoms with Gasteiger partial charge in [-0.15, -0.1) is 0 Å². The zero-order valence-corrected chi connectivity index (χ0v) is 11.9. The Morgan fingerprint density at radius 1 is 1.57 bits per heavy atom. The van der Waals surface area contributed by atoms with Crippen molar-refractivity contribution in [3.8, 4) is 0 Å². The molecule has 0 saturated carbocycles. The molecule has 0 aliphatic carbocycles. The molecule has 9 heteroatoms. The molecule has 0 spiro atoms. The first-order valence-corrected chi connectivity index (χ1v) is 6.81. The van der Waals surface area contributed by atoms with Gasteiger partial charge in [-0.05, 0) is 24.4 Å². The van der Waals surface area contributed by atoms with E-state index in [-0.39, 0.29) is 16.7 Å². The highest BCUT2D eigenvalue weighted by molar-refractivity contribution is 6.28. The highest BCUT2D eigenvalue weighted by Gasteiger charge is 2.45. The third-order valence-electron chi connectivity index (χ3n) is 3.46. The van der Waals surface area contributed by atoms with Crippen LogP contribution in [0.25, 0.3) is 11.2 Å². The van der Waals surface area contributed by atoms with Gasteiger partial charge >= 0.3 is 0 Å². The summed E-state index contributed by atoms with van der Waals surface area (Å²) in [4.78, 5) is 11.9. The number of ether oxygens (including phenoxy) is 1. The van der Waals surface area contributed by atoms with Crippen molar-refractivity contribution in [2.24, 2.45) is 0 Å². The summed E-state index contributed by atoms with van der Waals surface area (Å²) in [7, 11) is 0. The Balaban J connectivity index is 2.01. The van der Waals surface area contributed by atoms with E-state index >= 15 is 0 Å². The van der Waals surface area contributed by atoms with E-state index in [1.165, 1.54) is 10.9 Å². The summed E-state index contributed by atoms with van der Waals surface area (Å²) in [6.07, 6.45) is -0.828. The van der Waals surface area contributed by atoms with Crippen molar-refractivity contribution in [1.29, 1.82) is 0 Å². The number of hydrogen-bond acceptors (Lipinski definition) is 6. The largest absolute Gasteiger partial charge is 0.387 e. The van der Waals surface area contributed by atoms with Crippen LogP contribution in [0.1, 0.15) is 19.6 Å². The smallest absolute Gasteiger partial charge is 0.226 e. The second-order valence-electron chi connectivity index (χ2n) is 4.85. The summed E-state index contributed by atoms with van der Waals surface area (Å²) in [6, 6.07) is 0. The van der Waals surface area contributed by atoms with Gasteiger partial charge in [0.05, 0.1) is 12.4 Å². The molecule has 7 nitrogen and oxygen atoms in total. The maximum Gasteiger partial charge on any atom is 0.226 e. The average molecular weight is 315 g/mol. The quantitative estimate of drug-likeness (QED) is 0.828. The Morgan fingerprint density at radius 2 is 2.33 bits per heavy atom. The van der Waals surface area contributed by atoms with Gasteiger partial charge in [0.15, 0.2) is 23.9 Å². The molecule has 3 rings (SSSR count). The molecule has 2 aromatic rings. The SMILES string of the molecule is C[CH]C[C@H]1OC(n2cnc3c(N)nc(Cl)nc32)[C@@H](F)[C@@H]1O. The number of nitrogens with zero attached hydrogens (tertiary/aromatic N) is 4. The first-order chi connectivity index (χ1) is 10.0. The Morgan fingerprint density at radius 3 is 3.05 bits per heavy atom. The van der Waals surface area contributed by atoms with Crippen LogP contribution in [0.5, 0.6) is 0 Å². The average Bonchev–Trinajstić information content (AvgIpc) is 2.96. The summed E-state index contributed by atoms with van der Waals surface area (Å²) in [5, 5.41) is 9.84. The van der Waals surface area contributed by atoms with E-state index in [1.807, 2.05) is 13.3 Å². The molecular formula is C12H14ClFN5O2. The number of halogens is 2.